The summed E-state index contributed by atoms with van der Waals surface area (Å²) in [6.07, 6.45) is 1.24. The maximum atomic E-state index is 2.31. The van der Waals surface area contributed by atoms with Crippen LogP contribution in [0.2, 0.25) is 0 Å². The van der Waals surface area contributed by atoms with Crippen molar-refractivity contribution in [2.24, 2.45) is 0 Å². The molecule has 0 aliphatic heterocycles. The molecule has 4 aromatic rings. The van der Waals surface area contributed by atoms with Gasteiger partial charge in [-0.1, -0.05) is 84.9 Å². The van der Waals surface area contributed by atoms with Gasteiger partial charge in [-0.3, -0.25) is 0 Å². The zero-order valence-electron chi connectivity index (χ0n) is 17.6. The van der Waals surface area contributed by atoms with E-state index in [-0.39, 0.29) is 0 Å². The second-order valence-corrected chi connectivity index (χ2v) is 8.44. The van der Waals surface area contributed by atoms with Crippen LogP contribution in [0.25, 0.3) is 21.5 Å². The Morgan fingerprint density at radius 1 is 0.552 bits per heavy atom. The van der Waals surface area contributed by atoms with Crippen molar-refractivity contribution >= 4 is 21.5 Å². The number of hydrogen-bond acceptors (Lipinski definition) is 0. The van der Waals surface area contributed by atoms with E-state index in [1.165, 1.54) is 57.1 Å². The zero-order chi connectivity index (χ0) is 20.1. The van der Waals surface area contributed by atoms with Crippen molar-refractivity contribution in [3.8, 4) is 0 Å². The molecule has 0 heterocycles. The molecule has 0 aliphatic carbocycles. The minimum atomic E-state index is 1.06. The summed E-state index contributed by atoms with van der Waals surface area (Å²) in [7, 11) is 4.49. The number of nitrogens with one attached hydrogen (secondary N) is 2. The van der Waals surface area contributed by atoms with E-state index in [4.69, 9.17) is 0 Å². The van der Waals surface area contributed by atoms with Crippen molar-refractivity contribution in [2.75, 3.05) is 27.2 Å². The molecular weight excluding hydrogens is 352 g/mol. The molecule has 0 bridgehead atoms. The average molecular weight is 385 g/mol. The summed E-state index contributed by atoms with van der Waals surface area (Å²) in [5.41, 5.74) is 2.91. The first-order valence-corrected chi connectivity index (χ1v) is 10.8. The molecule has 4 rings (SSSR count). The molecule has 0 amide bonds. The molecule has 2 heteroatoms. The Bertz CT molecular complexity index is 992. The van der Waals surface area contributed by atoms with Crippen LogP contribution in [-0.4, -0.2) is 27.2 Å². The average Bonchev–Trinajstić information content (AvgIpc) is 2.74. The molecule has 0 radical (unpaired) electrons. The lowest BCUT2D eigenvalue weighted by atomic mass is 10.0. The van der Waals surface area contributed by atoms with E-state index in [1.807, 2.05) is 0 Å². The molecule has 0 aromatic heterocycles. The predicted molar refractivity (Wildman–Crippen MR) is 123 cm³/mol. The Morgan fingerprint density at radius 3 is 1.55 bits per heavy atom. The van der Waals surface area contributed by atoms with Gasteiger partial charge >= 0.3 is 0 Å². The molecule has 148 valence electrons. The van der Waals surface area contributed by atoms with Gasteiger partial charge in [0.1, 0.15) is 13.1 Å². The Hall–Kier alpha value is -2.68. The lowest BCUT2D eigenvalue weighted by Gasteiger charge is -2.22. The van der Waals surface area contributed by atoms with Gasteiger partial charge in [-0.05, 0) is 21.5 Å². The second kappa shape index (κ2) is 9.21. The van der Waals surface area contributed by atoms with Crippen molar-refractivity contribution in [1.82, 2.24) is 0 Å². The highest BCUT2D eigenvalue weighted by Gasteiger charge is 2.15. The molecule has 0 saturated heterocycles. The Labute approximate surface area is 174 Å². The van der Waals surface area contributed by atoms with E-state index >= 15 is 0 Å². The molecule has 2 nitrogen and oxygen atoms in total. The van der Waals surface area contributed by atoms with Crippen molar-refractivity contribution in [1.29, 1.82) is 0 Å². The van der Waals surface area contributed by atoms with Gasteiger partial charge in [-0.25, -0.2) is 0 Å². The second-order valence-electron chi connectivity index (χ2n) is 8.44. The van der Waals surface area contributed by atoms with Crippen LogP contribution in [0.1, 0.15) is 17.5 Å². The molecule has 0 spiro atoms. The number of fused-ring (bicyclic) bond motifs is 2. The van der Waals surface area contributed by atoms with E-state index in [0.29, 0.717) is 0 Å². The fourth-order valence-electron chi connectivity index (χ4n) is 4.36. The Kier molecular flexibility index (Phi) is 6.24. The van der Waals surface area contributed by atoms with Gasteiger partial charge in [0.15, 0.2) is 0 Å². The molecule has 4 aromatic carbocycles. The SMILES string of the molecule is C[NH+](C)CCC[NH+](Cc1cccc2ccccc12)Cc1cccc2ccccc12. The first-order chi connectivity index (χ1) is 14.2. The van der Waals surface area contributed by atoms with Gasteiger partial charge in [-0.2, -0.15) is 0 Å². The van der Waals surface area contributed by atoms with Crippen LogP contribution in [0.4, 0.5) is 0 Å². The molecule has 2 N–H and O–H groups in total. The first kappa shape index (κ1) is 19.6. The molecule has 0 fully saturated rings. The van der Waals surface area contributed by atoms with Crippen LogP contribution in [0, 0.1) is 0 Å². The first-order valence-electron chi connectivity index (χ1n) is 10.8. The van der Waals surface area contributed by atoms with Crippen molar-refractivity contribution < 1.29 is 9.80 Å². The van der Waals surface area contributed by atoms with E-state index < -0.39 is 0 Å². The minimum absolute atomic E-state index is 1.06. The number of quaternary nitrogens is 2. The van der Waals surface area contributed by atoms with Gasteiger partial charge < -0.3 is 9.80 Å². The van der Waals surface area contributed by atoms with Gasteiger partial charge in [-0.15, -0.1) is 0 Å². The Balaban J connectivity index is 1.62. The molecule has 0 saturated carbocycles. The van der Waals surface area contributed by atoms with Crippen LogP contribution in [-0.2, 0) is 13.1 Å². The van der Waals surface area contributed by atoms with Crippen molar-refractivity contribution in [3.05, 3.63) is 96.1 Å². The van der Waals surface area contributed by atoms with Crippen LogP contribution in [0.5, 0.6) is 0 Å². The van der Waals surface area contributed by atoms with Gasteiger partial charge in [0.05, 0.1) is 27.2 Å². The number of hydrogen-bond donors (Lipinski definition) is 2. The van der Waals surface area contributed by atoms with E-state index in [2.05, 4.69) is 99.0 Å². The van der Waals surface area contributed by atoms with Crippen molar-refractivity contribution in [2.45, 2.75) is 19.5 Å². The van der Waals surface area contributed by atoms with Gasteiger partial charge in [0.2, 0.25) is 0 Å². The third-order valence-corrected chi connectivity index (χ3v) is 5.85. The van der Waals surface area contributed by atoms with Crippen LogP contribution in [0.3, 0.4) is 0 Å². The van der Waals surface area contributed by atoms with Gasteiger partial charge in [0.25, 0.3) is 0 Å². The highest BCUT2D eigenvalue weighted by atomic mass is 15.1. The molecule has 29 heavy (non-hydrogen) atoms. The van der Waals surface area contributed by atoms with Crippen LogP contribution in [0.15, 0.2) is 84.9 Å². The van der Waals surface area contributed by atoms with Gasteiger partial charge in [0, 0.05) is 17.5 Å². The smallest absolute Gasteiger partial charge is 0.104 e. The van der Waals surface area contributed by atoms with E-state index in [9.17, 15) is 0 Å². The number of rotatable bonds is 8. The van der Waals surface area contributed by atoms with Crippen LogP contribution < -0.4 is 9.80 Å². The summed E-state index contributed by atoms with van der Waals surface area (Å²) in [6.45, 7) is 4.53. The molecule has 0 aliphatic rings. The topological polar surface area (TPSA) is 8.88 Å². The minimum Gasteiger partial charge on any atom is -0.340 e. The monoisotopic (exact) mass is 384 g/mol. The summed E-state index contributed by atoms with van der Waals surface area (Å²) in [5.74, 6) is 0. The third-order valence-electron chi connectivity index (χ3n) is 5.85. The summed E-state index contributed by atoms with van der Waals surface area (Å²) in [5, 5.41) is 5.46. The lowest BCUT2D eigenvalue weighted by Crippen LogP contribution is -3.11. The molecule has 0 atom stereocenters. The standard InChI is InChI=1S/C27H30N2/c1-28(2)18-9-19-29(20-24-14-7-12-22-10-3-5-16-26(22)24)21-25-15-8-13-23-11-4-6-17-27(23)25/h3-8,10-17H,9,18-21H2,1-2H3/p+2. The maximum Gasteiger partial charge on any atom is 0.104 e. The highest BCUT2D eigenvalue weighted by molar-refractivity contribution is 5.86. The van der Waals surface area contributed by atoms with Crippen molar-refractivity contribution in [3.63, 3.8) is 0 Å². The number of benzene rings is 4. The zero-order valence-corrected chi connectivity index (χ0v) is 17.6. The fourth-order valence-corrected chi connectivity index (χ4v) is 4.36. The molecular formula is C27H32N2+2. The fraction of sp³-hybridized carbons (Fsp3) is 0.259. The van der Waals surface area contributed by atoms with E-state index in [1.54, 1.807) is 4.90 Å². The third kappa shape index (κ3) is 4.84. The summed E-state index contributed by atoms with van der Waals surface area (Å²) < 4.78 is 0. The van der Waals surface area contributed by atoms with Crippen LogP contribution >= 0.6 is 0 Å². The quantitative estimate of drug-likeness (QED) is 0.462. The summed E-state index contributed by atoms with van der Waals surface area (Å²) in [6, 6.07) is 31.0. The predicted octanol–water partition coefficient (Wildman–Crippen LogP) is 3.11. The highest BCUT2D eigenvalue weighted by Crippen LogP contribution is 2.19. The summed E-state index contributed by atoms with van der Waals surface area (Å²) >= 11 is 0. The summed E-state index contributed by atoms with van der Waals surface area (Å²) in [4.78, 5) is 3.17. The molecule has 0 unspecified atom stereocenters. The normalized spacial score (nSPS) is 11.7. The van der Waals surface area contributed by atoms with E-state index in [0.717, 1.165) is 13.1 Å². The largest absolute Gasteiger partial charge is 0.340 e. The maximum absolute atomic E-state index is 2.31. The Morgan fingerprint density at radius 2 is 1.03 bits per heavy atom. The lowest BCUT2D eigenvalue weighted by molar-refractivity contribution is -0.932.